The Kier molecular flexibility index (Phi) is 3.72. The molecule has 8 heteroatoms. The van der Waals surface area contributed by atoms with Crippen LogP contribution in [-0.2, 0) is 0 Å². The fraction of sp³-hybridized carbons (Fsp3) is 0. The zero-order valence-electron chi connectivity index (χ0n) is 10.1. The summed E-state index contributed by atoms with van der Waals surface area (Å²) in [5, 5.41) is 12.1. The first kappa shape index (κ1) is 12.8. The first-order valence-electron chi connectivity index (χ1n) is 5.68. The van der Waals surface area contributed by atoms with Gasteiger partial charge in [-0.05, 0) is 46.9 Å². The third-order valence-electron chi connectivity index (χ3n) is 2.38. The number of nitrogens with zero attached hydrogens (tertiary/aromatic N) is 5. The lowest BCUT2D eigenvalue weighted by Crippen LogP contribution is -1.99. The van der Waals surface area contributed by atoms with Crippen molar-refractivity contribution in [1.82, 2.24) is 19.7 Å². The Morgan fingerprint density at radius 2 is 2.20 bits per heavy atom. The van der Waals surface area contributed by atoms with Gasteiger partial charge in [0, 0.05) is 12.4 Å². The van der Waals surface area contributed by atoms with Gasteiger partial charge in [0.2, 0.25) is 0 Å². The van der Waals surface area contributed by atoms with Gasteiger partial charge in [-0.15, -0.1) is 10.2 Å². The number of anilines is 1. The van der Waals surface area contributed by atoms with E-state index >= 15 is 0 Å². The molecule has 7 nitrogen and oxygen atoms in total. The van der Waals surface area contributed by atoms with Gasteiger partial charge in [0.25, 0.3) is 0 Å². The van der Waals surface area contributed by atoms with Crippen molar-refractivity contribution in [2.75, 3.05) is 5.43 Å². The molecule has 0 saturated carbocycles. The van der Waals surface area contributed by atoms with E-state index < -0.39 is 0 Å². The van der Waals surface area contributed by atoms with Gasteiger partial charge in [0.15, 0.2) is 15.4 Å². The van der Waals surface area contributed by atoms with Gasteiger partial charge in [-0.1, -0.05) is 0 Å². The van der Waals surface area contributed by atoms with E-state index in [1.165, 1.54) is 0 Å². The second-order valence-electron chi connectivity index (χ2n) is 3.76. The van der Waals surface area contributed by atoms with Gasteiger partial charge in [0.05, 0.1) is 6.21 Å². The number of hydrogen-bond acceptors (Lipinski definition) is 6. The minimum absolute atomic E-state index is 0.548. The molecule has 0 radical (unpaired) electrons. The summed E-state index contributed by atoms with van der Waals surface area (Å²) in [5.74, 6) is 1.91. The molecule has 0 aliphatic carbocycles. The highest BCUT2D eigenvalue weighted by atomic mass is 127. The number of rotatable bonds is 4. The smallest absolute Gasteiger partial charge is 0.168 e. The van der Waals surface area contributed by atoms with E-state index in [0.717, 1.165) is 3.77 Å². The minimum atomic E-state index is 0.548. The van der Waals surface area contributed by atoms with E-state index in [-0.39, 0.29) is 0 Å². The van der Waals surface area contributed by atoms with Crippen LogP contribution in [0.2, 0.25) is 0 Å². The van der Waals surface area contributed by atoms with Crippen molar-refractivity contribution in [3.63, 3.8) is 0 Å². The van der Waals surface area contributed by atoms with Crippen molar-refractivity contribution >= 4 is 34.6 Å². The average molecular weight is 380 g/mol. The van der Waals surface area contributed by atoms with Crippen LogP contribution in [-0.4, -0.2) is 26.0 Å². The average Bonchev–Trinajstić information content (AvgIpc) is 3.11. The first-order valence-corrected chi connectivity index (χ1v) is 6.75. The van der Waals surface area contributed by atoms with Crippen LogP contribution in [0.3, 0.4) is 0 Å². The van der Waals surface area contributed by atoms with E-state index in [2.05, 4.69) is 48.3 Å². The Hall–Kier alpha value is -2.23. The Labute approximate surface area is 127 Å². The standard InChI is InChI=1S/C12H9IN6O/c13-10-2-1-9(20-10)7-15-16-11-3-4-12(18-17-11)19-6-5-14-8-19/h1-8H,(H,16,17)/b15-7-. The molecule has 0 spiro atoms. The molecule has 0 bridgehead atoms. The van der Waals surface area contributed by atoms with Crippen LogP contribution in [0.1, 0.15) is 5.76 Å². The molecule has 0 aliphatic heterocycles. The maximum atomic E-state index is 5.34. The van der Waals surface area contributed by atoms with E-state index in [9.17, 15) is 0 Å². The predicted octanol–water partition coefficient (Wildman–Crippen LogP) is 2.31. The highest BCUT2D eigenvalue weighted by molar-refractivity contribution is 14.1. The Balaban J connectivity index is 1.65. The van der Waals surface area contributed by atoms with Gasteiger partial charge in [0.1, 0.15) is 12.1 Å². The van der Waals surface area contributed by atoms with E-state index in [4.69, 9.17) is 4.42 Å². The summed E-state index contributed by atoms with van der Waals surface area (Å²) >= 11 is 2.09. The fourth-order valence-electron chi connectivity index (χ4n) is 1.48. The quantitative estimate of drug-likeness (QED) is 0.427. The lowest BCUT2D eigenvalue weighted by molar-refractivity contribution is 0.531. The van der Waals surface area contributed by atoms with Crippen LogP contribution in [0.5, 0.6) is 0 Å². The largest absolute Gasteiger partial charge is 0.449 e. The second-order valence-corrected chi connectivity index (χ2v) is 4.82. The highest BCUT2D eigenvalue weighted by Crippen LogP contribution is 2.09. The molecule has 0 saturated heterocycles. The van der Waals surface area contributed by atoms with E-state index in [0.29, 0.717) is 17.4 Å². The van der Waals surface area contributed by atoms with Crippen LogP contribution in [0.4, 0.5) is 5.82 Å². The number of hydrazone groups is 1. The third kappa shape index (κ3) is 3.02. The molecular weight excluding hydrogens is 371 g/mol. The summed E-state index contributed by atoms with van der Waals surface area (Å²) in [4.78, 5) is 3.95. The van der Waals surface area contributed by atoms with Crippen LogP contribution >= 0.6 is 22.6 Å². The Morgan fingerprint density at radius 1 is 1.25 bits per heavy atom. The van der Waals surface area contributed by atoms with E-state index in [1.807, 2.05) is 18.2 Å². The highest BCUT2D eigenvalue weighted by Gasteiger charge is 1.99. The van der Waals surface area contributed by atoms with Crippen molar-refractivity contribution < 1.29 is 4.42 Å². The van der Waals surface area contributed by atoms with Crippen LogP contribution in [0.15, 0.2) is 52.5 Å². The maximum absolute atomic E-state index is 5.34. The normalized spacial score (nSPS) is 11.1. The molecule has 1 N–H and O–H groups in total. The Bertz CT molecular complexity index is 704. The van der Waals surface area contributed by atoms with Crippen LogP contribution in [0.25, 0.3) is 5.82 Å². The molecule has 20 heavy (non-hydrogen) atoms. The monoisotopic (exact) mass is 380 g/mol. The maximum Gasteiger partial charge on any atom is 0.168 e. The molecule has 0 unspecified atom stereocenters. The summed E-state index contributed by atoms with van der Waals surface area (Å²) in [7, 11) is 0. The molecule has 3 aromatic rings. The number of hydrogen-bond donors (Lipinski definition) is 1. The molecule has 0 fully saturated rings. The molecule has 3 aromatic heterocycles. The molecular formula is C12H9IN6O. The lowest BCUT2D eigenvalue weighted by atomic mass is 10.5. The van der Waals surface area contributed by atoms with Crippen molar-refractivity contribution in [1.29, 1.82) is 0 Å². The lowest BCUT2D eigenvalue weighted by Gasteiger charge is -2.01. The van der Waals surface area contributed by atoms with E-state index in [1.54, 1.807) is 35.6 Å². The third-order valence-corrected chi connectivity index (χ3v) is 2.96. The first-order chi connectivity index (χ1) is 9.81. The SMILES string of the molecule is Ic1ccc(/C=N\Nc2ccc(-n3ccnc3)nn2)o1. The summed E-state index contributed by atoms with van der Waals surface area (Å²) in [6, 6.07) is 7.30. The number of aromatic nitrogens is 4. The molecule has 0 aliphatic rings. The molecule has 0 amide bonds. The number of imidazole rings is 1. The van der Waals surface area contributed by atoms with Gasteiger partial charge in [-0.25, -0.2) is 4.98 Å². The van der Waals surface area contributed by atoms with Gasteiger partial charge >= 0.3 is 0 Å². The van der Waals surface area contributed by atoms with Crippen molar-refractivity contribution in [2.45, 2.75) is 0 Å². The fourth-order valence-corrected chi connectivity index (χ4v) is 1.91. The predicted molar refractivity (Wildman–Crippen MR) is 81.8 cm³/mol. The number of furan rings is 1. The Morgan fingerprint density at radius 3 is 2.85 bits per heavy atom. The molecule has 0 atom stereocenters. The van der Waals surface area contributed by atoms with Crippen LogP contribution in [0, 0.1) is 3.77 Å². The van der Waals surface area contributed by atoms with Crippen LogP contribution < -0.4 is 5.43 Å². The molecule has 100 valence electrons. The summed E-state index contributed by atoms with van der Waals surface area (Å²) in [5.41, 5.74) is 2.78. The van der Waals surface area contributed by atoms with Gasteiger partial charge in [-0.3, -0.25) is 9.99 Å². The molecule has 3 rings (SSSR count). The summed E-state index contributed by atoms with van der Waals surface area (Å²) < 4.78 is 7.92. The van der Waals surface area contributed by atoms with Crippen molar-refractivity contribution in [3.05, 3.63) is 52.5 Å². The summed E-state index contributed by atoms with van der Waals surface area (Å²) in [6.45, 7) is 0. The zero-order chi connectivity index (χ0) is 13.8. The summed E-state index contributed by atoms with van der Waals surface area (Å²) in [6.07, 6.45) is 6.72. The number of halogens is 1. The zero-order valence-corrected chi connectivity index (χ0v) is 12.3. The number of nitrogens with one attached hydrogen (secondary N) is 1. The topological polar surface area (TPSA) is 81.1 Å². The molecule has 0 aromatic carbocycles. The molecule has 3 heterocycles. The van der Waals surface area contributed by atoms with Crippen molar-refractivity contribution in [3.8, 4) is 5.82 Å². The minimum Gasteiger partial charge on any atom is -0.449 e. The van der Waals surface area contributed by atoms with Gasteiger partial charge < -0.3 is 4.42 Å². The second kappa shape index (κ2) is 5.82. The van der Waals surface area contributed by atoms with Gasteiger partial charge in [-0.2, -0.15) is 5.10 Å². The van der Waals surface area contributed by atoms with Crippen molar-refractivity contribution in [2.24, 2.45) is 5.10 Å².